The van der Waals surface area contributed by atoms with Crippen molar-refractivity contribution >= 4 is 11.9 Å². The molecule has 1 N–H and O–H groups in total. The second-order valence-corrected chi connectivity index (χ2v) is 5.72. The summed E-state index contributed by atoms with van der Waals surface area (Å²) in [5.41, 5.74) is 0.688. The molecule has 1 aromatic heterocycles. The molecule has 0 bridgehead atoms. The summed E-state index contributed by atoms with van der Waals surface area (Å²) in [6.45, 7) is -0.170. The normalized spacial score (nSPS) is 12.3. The number of hydrogen-bond donors (Lipinski definition) is 1. The number of rotatable bonds is 7. The molecule has 0 radical (unpaired) electrons. The summed E-state index contributed by atoms with van der Waals surface area (Å²) in [6.07, 6.45) is -3.41. The highest BCUT2D eigenvalue weighted by molar-refractivity contribution is 5.96. The lowest BCUT2D eigenvalue weighted by atomic mass is 10.1. The van der Waals surface area contributed by atoms with Gasteiger partial charge in [0.1, 0.15) is 6.04 Å². The number of hydrogen-bond acceptors (Lipinski definition) is 4. The fourth-order valence-corrected chi connectivity index (χ4v) is 2.24. The molecule has 1 aromatic carbocycles. The second-order valence-electron chi connectivity index (χ2n) is 5.72. The lowest BCUT2D eigenvalue weighted by molar-refractivity contribution is -0.154. The Balaban J connectivity index is 2.25. The molecular formula is C18H17F3N2O4. The largest absolute Gasteiger partial charge is 0.480 e. The highest BCUT2D eigenvalue weighted by atomic mass is 19.4. The third-order valence-electron chi connectivity index (χ3n) is 3.65. The Morgan fingerprint density at radius 1 is 1.22 bits per heavy atom. The topological polar surface area (TPSA) is 79.7 Å². The predicted molar refractivity (Wildman–Crippen MR) is 89.2 cm³/mol. The van der Waals surface area contributed by atoms with E-state index in [9.17, 15) is 27.9 Å². The van der Waals surface area contributed by atoms with Gasteiger partial charge in [-0.2, -0.15) is 13.2 Å². The van der Waals surface area contributed by atoms with Gasteiger partial charge in [-0.3, -0.25) is 4.79 Å². The van der Waals surface area contributed by atoms with E-state index in [1.54, 1.807) is 30.3 Å². The third-order valence-corrected chi connectivity index (χ3v) is 3.65. The minimum absolute atomic E-state index is 0.0220. The van der Waals surface area contributed by atoms with Crippen LogP contribution in [0.5, 0.6) is 5.88 Å². The van der Waals surface area contributed by atoms with Crippen molar-refractivity contribution in [3.63, 3.8) is 0 Å². The first-order chi connectivity index (χ1) is 12.7. The summed E-state index contributed by atoms with van der Waals surface area (Å²) < 4.78 is 41.4. The molecule has 0 spiro atoms. The van der Waals surface area contributed by atoms with E-state index >= 15 is 0 Å². The van der Waals surface area contributed by atoms with Crippen LogP contribution in [0.4, 0.5) is 13.2 Å². The van der Waals surface area contributed by atoms with Crippen LogP contribution >= 0.6 is 0 Å². The number of amides is 1. The second kappa shape index (κ2) is 8.52. The maximum atomic E-state index is 12.8. The number of aromatic nitrogens is 1. The maximum absolute atomic E-state index is 12.8. The number of alkyl halides is 3. The summed E-state index contributed by atoms with van der Waals surface area (Å²) in [4.78, 5) is 28.9. The number of halogens is 3. The number of nitrogens with zero attached hydrogens (tertiary/aromatic N) is 2. The molecule has 1 heterocycles. The zero-order valence-electron chi connectivity index (χ0n) is 14.3. The van der Waals surface area contributed by atoms with Gasteiger partial charge in [0, 0.05) is 24.4 Å². The van der Waals surface area contributed by atoms with Gasteiger partial charge in [-0.25, -0.2) is 9.78 Å². The molecule has 0 aliphatic rings. The summed E-state index contributed by atoms with van der Waals surface area (Å²) >= 11 is 0. The molecular weight excluding hydrogens is 365 g/mol. The molecule has 1 amide bonds. The molecule has 0 saturated heterocycles. The van der Waals surface area contributed by atoms with Crippen LogP contribution in [0.1, 0.15) is 22.8 Å². The molecule has 9 heteroatoms. The van der Waals surface area contributed by atoms with E-state index < -0.39 is 30.7 Å². The van der Waals surface area contributed by atoms with Crippen molar-refractivity contribution in [2.24, 2.45) is 0 Å². The van der Waals surface area contributed by atoms with Gasteiger partial charge in [-0.15, -0.1) is 0 Å². The van der Waals surface area contributed by atoms with Gasteiger partial charge in [0.05, 0.1) is 0 Å². The molecule has 0 fully saturated rings. The van der Waals surface area contributed by atoms with Crippen molar-refractivity contribution in [1.29, 1.82) is 0 Å². The summed E-state index contributed by atoms with van der Waals surface area (Å²) in [5.74, 6) is -2.24. The highest BCUT2D eigenvalue weighted by Crippen LogP contribution is 2.19. The van der Waals surface area contributed by atoms with E-state index in [0.717, 1.165) is 17.2 Å². The number of carbonyl (C=O) groups is 2. The van der Waals surface area contributed by atoms with Gasteiger partial charge in [-0.05, 0) is 18.6 Å². The van der Waals surface area contributed by atoms with Crippen molar-refractivity contribution in [3.05, 3.63) is 59.8 Å². The summed E-state index contributed by atoms with van der Waals surface area (Å²) in [6, 6.07) is 9.95. The van der Waals surface area contributed by atoms with Crippen LogP contribution in [0.15, 0.2) is 48.7 Å². The van der Waals surface area contributed by atoms with E-state index in [-0.39, 0.29) is 18.0 Å². The van der Waals surface area contributed by atoms with Crippen molar-refractivity contribution in [3.8, 4) is 5.88 Å². The number of pyridine rings is 1. The zero-order valence-corrected chi connectivity index (χ0v) is 14.3. The summed E-state index contributed by atoms with van der Waals surface area (Å²) in [7, 11) is 0. The van der Waals surface area contributed by atoms with Gasteiger partial charge in [0.15, 0.2) is 6.61 Å². The minimum Gasteiger partial charge on any atom is -0.480 e. The SMILES string of the molecule is CC(C(=O)O)N(Cc1ccccc1)C(=O)c1ccnc(OCC(F)(F)F)c1. The van der Waals surface area contributed by atoms with Gasteiger partial charge >= 0.3 is 12.1 Å². The Hall–Kier alpha value is -3.10. The van der Waals surface area contributed by atoms with Gasteiger partial charge in [0.2, 0.25) is 5.88 Å². The Morgan fingerprint density at radius 2 is 1.89 bits per heavy atom. The quantitative estimate of drug-likeness (QED) is 0.796. The highest BCUT2D eigenvalue weighted by Gasteiger charge is 2.30. The minimum atomic E-state index is -4.54. The van der Waals surface area contributed by atoms with Crippen LogP contribution in [0, 0.1) is 0 Å². The molecule has 6 nitrogen and oxygen atoms in total. The maximum Gasteiger partial charge on any atom is 0.422 e. The van der Waals surface area contributed by atoms with E-state index in [1.165, 1.54) is 13.0 Å². The van der Waals surface area contributed by atoms with Gasteiger partial charge in [-0.1, -0.05) is 30.3 Å². The van der Waals surface area contributed by atoms with E-state index in [4.69, 9.17) is 0 Å². The zero-order chi connectivity index (χ0) is 20.0. The molecule has 27 heavy (non-hydrogen) atoms. The lowest BCUT2D eigenvalue weighted by Gasteiger charge is -2.27. The van der Waals surface area contributed by atoms with Gasteiger partial charge < -0.3 is 14.7 Å². The molecule has 144 valence electrons. The van der Waals surface area contributed by atoms with Crippen LogP contribution in [0.2, 0.25) is 0 Å². The van der Waals surface area contributed by atoms with Crippen LogP contribution < -0.4 is 4.74 Å². The Bertz CT molecular complexity index is 797. The molecule has 2 aromatic rings. The van der Waals surface area contributed by atoms with Gasteiger partial charge in [0.25, 0.3) is 5.91 Å². The molecule has 1 unspecified atom stereocenters. The number of carboxylic acids is 1. The Kier molecular flexibility index (Phi) is 6.38. The van der Waals surface area contributed by atoms with Crippen molar-refractivity contribution < 1.29 is 32.6 Å². The molecule has 0 aliphatic heterocycles. The van der Waals surface area contributed by atoms with Crippen molar-refractivity contribution in [2.75, 3.05) is 6.61 Å². The Morgan fingerprint density at radius 3 is 2.48 bits per heavy atom. The third kappa shape index (κ3) is 5.98. The number of ether oxygens (including phenoxy) is 1. The van der Waals surface area contributed by atoms with Crippen LogP contribution in [-0.4, -0.2) is 45.7 Å². The average Bonchev–Trinajstić information content (AvgIpc) is 2.64. The average molecular weight is 382 g/mol. The first kappa shape index (κ1) is 20.2. The van der Waals surface area contributed by atoms with Crippen molar-refractivity contribution in [2.45, 2.75) is 25.7 Å². The Labute approximate surface area is 153 Å². The first-order valence-corrected chi connectivity index (χ1v) is 7.90. The number of carbonyl (C=O) groups excluding carboxylic acids is 1. The monoisotopic (exact) mass is 382 g/mol. The number of benzene rings is 1. The van der Waals surface area contributed by atoms with Crippen LogP contribution in [0.25, 0.3) is 0 Å². The van der Waals surface area contributed by atoms with E-state index in [0.29, 0.717) is 5.56 Å². The fourth-order valence-electron chi connectivity index (χ4n) is 2.24. The van der Waals surface area contributed by atoms with E-state index in [1.807, 2.05) is 0 Å². The van der Waals surface area contributed by atoms with Crippen LogP contribution in [0.3, 0.4) is 0 Å². The molecule has 0 saturated carbocycles. The molecule has 1 atom stereocenters. The summed E-state index contributed by atoms with van der Waals surface area (Å²) in [5, 5.41) is 9.30. The van der Waals surface area contributed by atoms with Crippen molar-refractivity contribution in [1.82, 2.24) is 9.88 Å². The molecule has 2 rings (SSSR count). The number of aliphatic carboxylic acids is 1. The fraction of sp³-hybridized carbons (Fsp3) is 0.278. The van der Waals surface area contributed by atoms with E-state index in [2.05, 4.69) is 9.72 Å². The standard InChI is InChI=1S/C18H17F3N2O4/c1-12(17(25)26)23(10-13-5-3-2-4-6-13)16(24)14-7-8-22-15(9-14)27-11-18(19,20)21/h2-9,12H,10-11H2,1H3,(H,25,26). The smallest absolute Gasteiger partial charge is 0.422 e. The lowest BCUT2D eigenvalue weighted by Crippen LogP contribution is -2.42. The number of carboxylic acid groups (broad SMARTS) is 1. The van der Waals surface area contributed by atoms with Crippen LogP contribution in [-0.2, 0) is 11.3 Å². The molecule has 0 aliphatic carbocycles. The first-order valence-electron chi connectivity index (χ1n) is 7.90. The predicted octanol–water partition coefficient (Wildman–Crippen LogP) is 3.14.